The van der Waals surface area contributed by atoms with Gasteiger partial charge in [0.15, 0.2) is 0 Å². The summed E-state index contributed by atoms with van der Waals surface area (Å²) >= 11 is 9.48. The average molecular weight is 364 g/mol. The number of anilines is 1. The lowest BCUT2D eigenvalue weighted by Gasteiger charge is -2.09. The van der Waals surface area contributed by atoms with Crippen LogP contribution in [0.2, 0.25) is 5.02 Å². The smallest absolute Gasteiger partial charge is 0.253 e. The summed E-state index contributed by atoms with van der Waals surface area (Å²) in [5.74, 6) is 0. The second-order valence-corrected chi connectivity index (χ2v) is 5.87. The zero-order valence-electron chi connectivity index (χ0n) is 11.0. The van der Waals surface area contributed by atoms with Gasteiger partial charge in [-0.2, -0.15) is 0 Å². The zero-order valence-corrected chi connectivity index (χ0v) is 13.3. The lowest BCUT2D eigenvalue weighted by molar-refractivity contribution is 1.09. The van der Waals surface area contributed by atoms with Gasteiger partial charge >= 0.3 is 0 Å². The van der Waals surface area contributed by atoms with E-state index in [2.05, 4.69) is 26.2 Å². The van der Waals surface area contributed by atoms with Crippen LogP contribution in [0, 0.1) is 0 Å². The Balaban J connectivity index is 1.90. The number of aromatic amines is 1. The fourth-order valence-corrected chi connectivity index (χ4v) is 2.73. The Morgan fingerprint density at radius 2 is 1.95 bits per heavy atom. The number of para-hydroxylation sites is 1. The Labute approximate surface area is 135 Å². The summed E-state index contributed by atoms with van der Waals surface area (Å²) in [6, 6.07) is 15.2. The molecular weight excluding hydrogens is 352 g/mol. The van der Waals surface area contributed by atoms with Gasteiger partial charge in [-0.3, -0.25) is 4.79 Å². The zero-order chi connectivity index (χ0) is 14.8. The molecule has 1 heterocycles. The minimum atomic E-state index is -0.0839. The Morgan fingerprint density at radius 3 is 2.81 bits per heavy atom. The summed E-state index contributed by atoms with van der Waals surface area (Å²) in [4.78, 5) is 15.0. The highest BCUT2D eigenvalue weighted by atomic mass is 79.9. The number of rotatable bonds is 3. The van der Waals surface area contributed by atoms with Crippen molar-refractivity contribution in [3.8, 4) is 0 Å². The van der Waals surface area contributed by atoms with Gasteiger partial charge < -0.3 is 10.3 Å². The third kappa shape index (κ3) is 2.96. The van der Waals surface area contributed by atoms with Crippen molar-refractivity contribution >= 4 is 44.1 Å². The lowest BCUT2D eigenvalue weighted by Crippen LogP contribution is -2.15. The minimum Gasteiger partial charge on any atom is -0.380 e. The van der Waals surface area contributed by atoms with E-state index in [1.807, 2.05) is 42.5 Å². The third-order valence-corrected chi connectivity index (χ3v) is 4.65. The van der Waals surface area contributed by atoms with Crippen LogP contribution in [0.15, 0.2) is 57.8 Å². The number of fused-ring (bicyclic) bond motifs is 1. The van der Waals surface area contributed by atoms with E-state index in [1.165, 1.54) is 0 Å². The number of pyridine rings is 1. The average Bonchev–Trinajstić information content (AvgIpc) is 2.49. The van der Waals surface area contributed by atoms with Gasteiger partial charge in [0.25, 0.3) is 5.56 Å². The number of H-pyrrole nitrogens is 1. The fraction of sp³-hybridized carbons (Fsp3) is 0.0625. The number of hydrogen-bond donors (Lipinski definition) is 2. The van der Waals surface area contributed by atoms with Crippen molar-refractivity contribution in [1.29, 1.82) is 0 Å². The molecule has 0 saturated carbocycles. The highest BCUT2D eigenvalue weighted by molar-refractivity contribution is 9.10. The highest BCUT2D eigenvalue weighted by Crippen LogP contribution is 2.30. The summed E-state index contributed by atoms with van der Waals surface area (Å²) in [6.45, 7) is 0.430. The van der Waals surface area contributed by atoms with Crippen molar-refractivity contribution in [3.05, 3.63) is 73.9 Å². The van der Waals surface area contributed by atoms with Crippen molar-refractivity contribution in [3.63, 3.8) is 0 Å². The molecule has 3 aromatic rings. The summed E-state index contributed by atoms with van der Waals surface area (Å²) in [6.07, 6.45) is 0. The quantitative estimate of drug-likeness (QED) is 0.716. The molecule has 0 radical (unpaired) electrons. The van der Waals surface area contributed by atoms with Crippen LogP contribution in [0.3, 0.4) is 0 Å². The first-order chi connectivity index (χ1) is 10.1. The predicted octanol–water partition coefficient (Wildman–Crippen LogP) is 4.56. The molecule has 0 atom stereocenters. The molecule has 106 valence electrons. The predicted molar refractivity (Wildman–Crippen MR) is 91.0 cm³/mol. The van der Waals surface area contributed by atoms with E-state index < -0.39 is 0 Å². The van der Waals surface area contributed by atoms with E-state index in [0.29, 0.717) is 17.1 Å². The van der Waals surface area contributed by atoms with Crippen LogP contribution in [-0.4, -0.2) is 4.98 Å². The molecule has 0 bridgehead atoms. The molecular formula is C16H12BrClN2O. The maximum absolute atomic E-state index is 12.1. The van der Waals surface area contributed by atoms with Crippen LogP contribution in [0.1, 0.15) is 5.56 Å². The number of halogens is 2. The molecule has 0 aliphatic rings. The number of hydrogen-bond acceptors (Lipinski definition) is 2. The number of aromatic nitrogens is 1. The summed E-state index contributed by atoms with van der Waals surface area (Å²) in [5, 5.41) is 4.87. The molecule has 0 saturated heterocycles. The topological polar surface area (TPSA) is 44.9 Å². The van der Waals surface area contributed by atoms with Gasteiger partial charge in [0, 0.05) is 17.6 Å². The van der Waals surface area contributed by atoms with Gasteiger partial charge in [0.05, 0.1) is 15.2 Å². The summed E-state index contributed by atoms with van der Waals surface area (Å²) in [7, 11) is 0. The van der Waals surface area contributed by atoms with E-state index in [-0.39, 0.29) is 5.56 Å². The molecule has 0 unspecified atom stereocenters. The van der Waals surface area contributed by atoms with Gasteiger partial charge in [-0.25, -0.2) is 0 Å². The van der Waals surface area contributed by atoms with Crippen LogP contribution >= 0.6 is 27.5 Å². The minimum absolute atomic E-state index is 0.0839. The first kappa shape index (κ1) is 14.2. The first-order valence-corrected chi connectivity index (χ1v) is 7.61. The number of benzene rings is 2. The number of nitrogens with one attached hydrogen (secondary N) is 2. The fourth-order valence-electron chi connectivity index (χ4n) is 2.15. The molecule has 2 aromatic carbocycles. The maximum Gasteiger partial charge on any atom is 0.253 e. The molecule has 5 heteroatoms. The van der Waals surface area contributed by atoms with Gasteiger partial charge in [0.2, 0.25) is 0 Å². The molecule has 0 aliphatic carbocycles. The van der Waals surface area contributed by atoms with Gasteiger partial charge in [-0.05, 0) is 45.6 Å². The van der Waals surface area contributed by atoms with Crippen LogP contribution < -0.4 is 10.9 Å². The van der Waals surface area contributed by atoms with Crippen molar-refractivity contribution in [2.75, 3.05) is 5.32 Å². The van der Waals surface area contributed by atoms with Crippen molar-refractivity contribution in [2.24, 2.45) is 0 Å². The van der Waals surface area contributed by atoms with Gasteiger partial charge in [0.1, 0.15) is 0 Å². The molecule has 2 N–H and O–H groups in total. The Bertz CT molecular complexity index is 860. The Hall–Kier alpha value is -1.78. The largest absolute Gasteiger partial charge is 0.380 e. The molecule has 0 amide bonds. The van der Waals surface area contributed by atoms with E-state index in [1.54, 1.807) is 6.07 Å². The summed E-state index contributed by atoms with van der Waals surface area (Å²) < 4.78 is 0.795. The summed E-state index contributed by atoms with van der Waals surface area (Å²) in [5.41, 5.74) is 2.30. The molecule has 0 aliphatic heterocycles. The second kappa shape index (κ2) is 5.92. The SMILES string of the molecule is O=c1[nH]c2ccccc2cc1CNc1cccc(Cl)c1Br. The van der Waals surface area contributed by atoms with Crippen LogP contribution in [0.25, 0.3) is 10.9 Å². The van der Waals surface area contributed by atoms with E-state index >= 15 is 0 Å². The van der Waals surface area contributed by atoms with E-state index in [0.717, 1.165) is 21.1 Å². The first-order valence-electron chi connectivity index (χ1n) is 6.44. The Morgan fingerprint density at radius 1 is 1.14 bits per heavy atom. The standard InChI is InChI=1S/C16H12BrClN2O/c17-15-12(18)5-3-7-14(15)19-9-11-8-10-4-1-2-6-13(10)20-16(11)21/h1-8,19H,9H2,(H,20,21). The molecule has 1 aromatic heterocycles. The Kier molecular flexibility index (Phi) is 3.99. The van der Waals surface area contributed by atoms with Crippen molar-refractivity contribution < 1.29 is 0 Å². The molecule has 3 rings (SSSR count). The highest BCUT2D eigenvalue weighted by Gasteiger charge is 2.06. The van der Waals surface area contributed by atoms with Gasteiger partial charge in [-0.15, -0.1) is 0 Å². The van der Waals surface area contributed by atoms with E-state index in [9.17, 15) is 4.79 Å². The van der Waals surface area contributed by atoms with Gasteiger partial charge in [-0.1, -0.05) is 35.9 Å². The maximum atomic E-state index is 12.1. The molecule has 0 spiro atoms. The monoisotopic (exact) mass is 362 g/mol. The van der Waals surface area contributed by atoms with Crippen molar-refractivity contribution in [1.82, 2.24) is 4.98 Å². The normalized spacial score (nSPS) is 10.8. The third-order valence-electron chi connectivity index (χ3n) is 3.25. The van der Waals surface area contributed by atoms with Crippen LogP contribution in [0.4, 0.5) is 5.69 Å². The lowest BCUT2D eigenvalue weighted by atomic mass is 10.1. The van der Waals surface area contributed by atoms with Crippen LogP contribution in [0.5, 0.6) is 0 Å². The molecule has 0 fully saturated rings. The second-order valence-electron chi connectivity index (χ2n) is 4.67. The molecule has 3 nitrogen and oxygen atoms in total. The molecule has 21 heavy (non-hydrogen) atoms. The van der Waals surface area contributed by atoms with Crippen LogP contribution in [-0.2, 0) is 6.54 Å². The van der Waals surface area contributed by atoms with Crippen molar-refractivity contribution in [2.45, 2.75) is 6.54 Å². The van der Waals surface area contributed by atoms with E-state index in [4.69, 9.17) is 11.6 Å².